The minimum absolute atomic E-state index is 0.00978. The number of halogens is 4. The summed E-state index contributed by atoms with van der Waals surface area (Å²) in [5.41, 5.74) is 2.70. The van der Waals surface area contributed by atoms with Gasteiger partial charge >= 0.3 is 6.18 Å². The van der Waals surface area contributed by atoms with Crippen LogP contribution in [0.2, 0.25) is 5.02 Å². The number of carbonyl (C=O) groups is 3. The van der Waals surface area contributed by atoms with E-state index in [2.05, 4.69) is 6.58 Å². The van der Waals surface area contributed by atoms with E-state index in [0.29, 0.717) is 36.9 Å². The Hall–Kier alpha value is -2.93. The molecule has 0 bridgehead atoms. The van der Waals surface area contributed by atoms with Gasteiger partial charge in [-0.15, -0.1) is 0 Å². The molecular weight excluding hydrogens is 467 g/mol. The molecule has 178 valence electrons. The number of benzene rings is 2. The predicted octanol–water partition coefficient (Wildman–Crippen LogP) is 5.74. The summed E-state index contributed by atoms with van der Waals surface area (Å²) in [7, 11) is 0. The van der Waals surface area contributed by atoms with Crippen LogP contribution in [0.5, 0.6) is 0 Å². The van der Waals surface area contributed by atoms with Gasteiger partial charge in [-0.05, 0) is 54.2 Å². The fourth-order valence-electron chi connectivity index (χ4n) is 4.59. The van der Waals surface area contributed by atoms with Gasteiger partial charge in [0.05, 0.1) is 16.6 Å². The number of nitrogens with zero attached hydrogens (tertiary/aromatic N) is 1. The first-order valence-electron chi connectivity index (χ1n) is 11.0. The molecule has 0 spiro atoms. The molecule has 2 aromatic carbocycles. The van der Waals surface area contributed by atoms with Crippen molar-refractivity contribution in [1.29, 1.82) is 0 Å². The van der Waals surface area contributed by atoms with E-state index in [1.54, 1.807) is 17.0 Å². The van der Waals surface area contributed by atoms with Crippen molar-refractivity contribution >= 4 is 29.1 Å². The zero-order valence-corrected chi connectivity index (χ0v) is 19.1. The minimum Gasteiger partial charge on any atom is -0.324 e. The molecule has 0 N–H and O–H groups in total. The maximum atomic E-state index is 12.8. The van der Waals surface area contributed by atoms with Gasteiger partial charge < -0.3 is 4.90 Å². The SMILES string of the molecule is C=C1CCC(N2Cc3cc(CCC(=O)Cc4ccc(C(F)(F)F)c(Cl)c4)ccc3C2=O)C(=O)C1. The molecule has 0 aromatic heterocycles. The fraction of sp³-hybridized carbons (Fsp3) is 0.346. The van der Waals surface area contributed by atoms with Crippen LogP contribution in [0.4, 0.5) is 13.2 Å². The molecule has 1 fully saturated rings. The number of carbonyl (C=O) groups excluding carboxylic acids is 3. The molecule has 1 atom stereocenters. The van der Waals surface area contributed by atoms with Crippen molar-refractivity contribution in [1.82, 2.24) is 4.90 Å². The lowest BCUT2D eigenvalue weighted by Gasteiger charge is -2.30. The maximum absolute atomic E-state index is 12.8. The Kier molecular flexibility index (Phi) is 6.67. The number of aryl methyl sites for hydroxylation is 1. The highest BCUT2D eigenvalue weighted by Crippen LogP contribution is 2.35. The second-order valence-electron chi connectivity index (χ2n) is 8.90. The summed E-state index contributed by atoms with van der Waals surface area (Å²) in [5, 5.41) is -0.425. The van der Waals surface area contributed by atoms with Crippen LogP contribution in [0.15, 0.2) is 48.6 Å². The van der Waals surface area contributed by atoms with Crippen LogP contribution >= 0.6 is 11.6 Å². The maximum Gasteiger partial charge on any atom is 0.417 e. The molecule has 1 saturated carbocycles. The molecule has 34 heavy (non-hydrogen) atoms. The molecule has 2 aliphatic rings. The van der Waals surface area contributed by atoms with E-state index in [4.69, 9.17) is 11.6 Å². The largest absolute Gasteiger partial charge is 0.417 e. The monoisotopic (exact) mass is 489 g/mol. The molecule has 2 aromatic rings. The summed E-state index contributed by atoms with van der Waals surface area (Å²) in [4.78, 5) is 39.3. The summed E-state index contributed by atoms with van der Waals surface area (Å²) in [6.07, 6.45) is -2.27. The standard InChI is InChI=1S/C26H23ClF3NO3/c1-15-2-9-23(24(33)10-15)31-14-18-11-16(4-7-20(18)25(31)34)3-6-19(32)12-17-5-8-21(22(27)13-17)26(28,29)30/h4-5,7-8,11,13,23H,1-3,6,9-10,12,14H2. The number of Topliss-reactive ketones (excluding diaryl/α,β-unsaturated/α-hetero) is 2. The van der Waals surface area contributed by atoms with Crippen molar-refractivity contribution in [2.45, 2.75) is 57.3 Å². The lowest BCUT2D eigenvalue weighted by atomic mass is 9.90. The first-order valence-corrected chi connectivity index (χ1v) is 11.4. The van der Waals surface area contributed by atoms with Gasteiger partial charge in [-0.3, -0.25) is 14.4 Å². The number of amides is 1. The molecule has 1 amide bonds. The quantitative estimate of drug-likeness (QED) is 0.486. The molecule has 0 radical (unpaired) electrons. The second-order valence-corrected chi connectivity index (χ2v) is 9.31. The van der Waals surface area contributed by atoms with Gasteiger partial charge in [-0.1, -0.05) is 42.0 Å². The topological polar surface area (TPSA) is 54.5 Å². The fourth-order valence-corrected chi connectivity index (χ4v) is 4.90. The zero-order valence-electron chi connectivity index (χ0n) is 18.4. The van der Waals surface area contributed by atoms with Crippen molar-refractivity contribution in [3.05, 3.63) is 81.4 Å². The highest BCUT2D eigenvalue weighted by atomic mass is 35.5. The number of hydrogen-bond acceptors (Lipinski definition) is 3. The third-order valence-electron chi connectivity index (χ3n) is 6.38. The van der Waals surface area contributed by atoms with Crippen LogP contribution < -0.4 is 0 Å². The molecule has 4 nitrogen and oxygen atoms in total. The van der Waals surface area contributed by atoms with E-state index in [1.807, 2.05) is 6.07 Å². The van der Waals surface area contributed by atoms with Gasteiger partial charge in [-0.25, -0.2) is 0 Å². The number of hydrogen-bond donors (Lipinski definition) is 0. The third kappa shape index (κ3) is 5.09. The average molecular weight is 490 g/mol. The molecule has 4 rings (SSSR count). The summed E-state index contributed by atoms with van der Waals surface area (Å²) in [6.45, 7) is 4.23. The van der Waals surface area contributed by atoms with E-state index in [9.17, 15) is 27.6 Å². The Labute approximate surface area is 200 Å². The summed E-state index contributed by atoms with van der Waals surface area (Å²) < 4.78 is 38.5. The number of ketones is 2. The Bertz CT molecular complexity index is 1190. The molecule has 1 heterocycles. The van der Waals surface area contributed by atoms with Gasteiger partial charge in [0.15, 0.2) is 5.78 Å². The van der Waals surface area contributed by atoms with Gasteiger partial charge in [0.1, 0.15) is 5.78 Å². The summed E-state index contributed by atoms with van der Waals surface area (Å²) >= 11 is 5.73. The van der Waals surface area contributed by atoms with Crippen molar-refractivity contribution in [3.8, 4) is 0 Å². The summed E-state index contributed by atoms with van der Waals surface area (Å²) in [6, 6.07) is 8.34. The molecule has 1 aliphatic carbocycles. The molecule has 1 aliphatic heterocycles. The van der Waals surface area contributed by atoms with E-state index in [0.717, 1.165) is 29.2 Å². The van der Waals surface area contributed by atoms with Crippen LogP contribution in [0, 0.1) is 0 Å². The molecule has 0 saturated heterocycles. The summed E-state index contributed by atoms with van der Waals surface area (Å²) in [5.74, 6) is -0.253. The van der Waals surface area contributed by atoms with Gasteiger partial charge in [0.2, 0.25) is 0 Å². The second kappa shape index (κ2) is 9.37. The van der Waals surface area contributed by atoms with Crippen molar-refractivity contribution in [3.63, 3.8) is 0 Å². The zero-order chi connectivity index (χ0) is 24.6. The number of alkyl halides is 3. The van der Waals surface area contributed by atoms with E-state index >= 15 is 0 Å². The van der Waals surface area contributed by atoms with Gasteiger partial charge in [0, 0.05) is 31.4 Å². The van der Waals surface area contributed by atoms with Crippen LogP contribution in [0.3, 0.4) is 0 Å². The minimum atomic E-state index is -4.54. The van der Waals surface area contributed by atoms with E-state index < -0.39 is 22.8 Å². The molecule has 8 heteroatoms. The molecular formula is C26H23ClF3NO3. The Morgan fingerprint density at radius 3 is 2.53 bits per heavy atom. The Morgan fingerprint density at radius 2 is 1.85 bits per heavy atom. The first kappa shape index (κ1) is 24.2. The Morgan fingerprint density at radius 1 is 1.12 bits per heavy atom. The van der Waals surface area contributed by atoms with Crippen LogP contribution in [0.1, 0.15) is 58.3 Å². The highest BCUT2D eigenvalue weighted by Gasteiger charge is 2.38. The van der Waals surface area contributed by atoms with E-state index in [1.165, 1.54) is 12.1 Å². The van der Waals surface area contributed by atoms with Crippen LogP contribution in [-0.2, 0) is 35.2 Å². The van der Waals surface area contributed by atoms with Gasteiger partial charge in [0.25, 0.3) is 5.91 Å². The molecule has 1 unspecified atom stereocenters. The van der Waals surface area contributed by atoms with Crippen LogP contribution in [0.25, 0.3) is 0 Å². The predicted molar refractivity (Wildman–Crippen MR) is 122 cm³/mol. The Balaban J connectivity index is 1.36. The highest BCUT2D eigenvalue weighted by molar-refractivity contribution is 6.31. The lowest BCUT2D eigenvalue weighted by Crippen LogP contribution is -2.43. The van der Waals surface area contributed by atoms with Crippen molar-refractivity contribution in [2.75, 3.05) is 0 Å². The number of fused-ring (bicyclic) bond motifs is 1. The average Bonchev–Trinajstić information content (AvgIpc) is 3.07. The normalized spacial score (nSPS) is 18.4. The van der Waals surface area contributed by atoms with Crippen molar-refractivity contribution in [2.24, 2.45) is 0 Å². The van der Waals surface area contributed by atoms with Gasteiger partial charge in [-0.2, -0.15) is 13.2 Å². The smallest absolute Gasteiger partial charge is 0.324 e. The lowest BCUT2D eigenvalue weighted by molar-refractivity contribution is -0.137. The van der Waals surface area contributed by atoms with E-state index in [-0.39, 0.29) is 30.3 Å². The number of allylic oxidation sites excluding steroid dienone is 1. The van der Waals surface area contributed by atoms with Crippen molar-refractivity contribution < 1.29 is 27.6 Å². The first-order chi connectivity index (χ1) is 16.0. The third-order valence-corrected chi connectivity index (χ3v) is 6.69. The van der Waals surface area contributed by atoms with Crippen LogP contribution in [-0.4, -0.2) is 28.4 Å². The number of rotatable bonds is 6.